The topological polar surface area (TPSA) is 32.5 Å². The Balaban J connectivity index is 2.22. The zero-order valence-corrected chi connectivity index (χ0v) is 11.6. The third kappa shape index (κ3) is 3.03. The molecule has 1 unspecified atom stereocenters. The Kier molecular flexibility index (Phi) is 4.61. The predicted octanol–water partition coefficient (Wildman–Crippen LogP) is 2.07. The fourth-order valence-corrected chi connectivity index (χ4v) is 2.79. The van der Waals surface area contributed by atoms with Crippen LogP contribution in [0.15, 0.2) is 24.3 Å². The average molecular weight is 247 g/mol. The molecule has 100 valence electrons. The van der Waals surface area contributed by atoms with Crippen LogP contribution < -0.4 is 10.6 Å². The van der Waals surface area contributed by atoms with Gasteiger partial charge in [0.1, 0.15) is 0 Å². The van der Waals surface area contributed by atoms with E-state index in [9.17, 15) is 0 Å². The zero-order chi connectivity index (χ0) is 13.0. The molecule has 3 nitrogen and oxygen atoms in total. The van der Waals surface area contributed by atoms with Gasteiger partial charge in [-0.25, -0.2) is 0 Å². The molecule has 1 saturated heterocycles. The van der Waals surface area contributed by atoms with Crippen LogP contribution in [-0.4, -0.2) is 37.6 Å². The molecule has 0 bridgehead atoms. The van der Waals surface area contributed by atoms with E-state index in [1.807, 2.05) is 0 Å². The van der Waals surface area contributed by atoms with Gasteiger partial charge < -0.3 is 15.5 Å². The van der Waals surface area contributed by atoms with Crippen LogP contribution in [0, 0.1) is 0 Å². The molecule has 3 heteroatoms. The maximum Gasteiger partial charge on any atom is 0.0414 e. The summed E-state index contributed by atoms with van der Waals surface area (Å²) in [6.45, 7) is 6.41. The van der Waals surface area contributed by atoms with Gasteiger partial charge in [-0.15, -0.1) is 0 Å². The maximum absolute atomic E-state index is 5.74. The summed E-state index contributed by atoms with van der Waals surface area (Å²) >= 11 is 0. The van der Waals surface area contributed by atoms with Crippen LogP contribution in [0.3, 0.4) is 0 Å². The molecular formula is C15H25N3. The molecule has 18 heavy (non-hydrogen) atoms. The standard InChI is InChI=1S/C15H25N3/c1-3-14-12-17(2)8-5-9-18(14)15-7-4-6-13(10-15)11-16/h4,6-7,10,14H,3,5,8-9,11-12,16H2,1-2H3. The number of anilines is 1. The first kappa shape index (κ1) is 13.4. The van der Waals surface area contributed by atoms with Gasteiger partial charge in [0.05, 0.1) is 0 Å². The first-order valence-electron chi connectivity index (χ1n) is 6.98. The smallest absolute Gasteiger partial charge is 0.0414 e. The van der Waals surface area contributed by atoms with E-state index in [4.69, 9.17) is 5.73 Å². The molecule has 0 radical (unpaired) electrons. The van der Waals surface area contributed by atoms with E-state index in [0.717, 1.165) is 13.1 Å². The van der Waals surface area contributed by atoms with Crippen LogP contribution in [0.25, 0.3) is 0 Å². The average Bonchev–Trinajstić information content (AvgIpc) is 2.60. The van der Waals surface area contributed by atoms with Crippen molar-refractivity contribution in [2.45, 2.75) is 32.4 Å². The molecule has 1 aromatic carbocycles. The summed E-state index contributed by atoms with van der Waals surface area (Å²) in [6.07, 6.45) is 2.43. The normalized spacial score (nSPS) is 21.9. The molecule has 2 N–H and O–H groups in total. The number of nitrogens with zero attached hydrogens (tertiary/aromatic N) is 2. The van der Waals surface area contributed by atoms with Crippen molar-refractivity contribution in [2.24, 2.45) is 5.73 Å². The van der Waals surface area contributed by atoms with Crippen LogP contribution in [-0.2, 0) is 6.54 Å². The molecule has 1 atom stereocenters. The van der Waals surface area contributed by atoms with Gasteiger partial charge in [-0.05, 0) is 44.1 Å². The third-order valence-electron chi connectivity index (χ3n) is 3.85. The minimum absolute atomic E-state index is 0.616. The second-order valence-corrected chi connectivity index (χ2v) is 5.25. The molecule has 1 fully saturated rings. The Hall–Kier alpha value is -1.06. The lowest BCUT2D eigenvalue weighted by atomic mass is 10.1. The predicted molar refractivity (Wildman–Crippen MR) is 77.9 cm³/mol. The molecule has 0 aliphatic carbocycles. The Bertz CT molecular complexity index is 378. The minimum Gasteiger partial charge on any atom is -0.367 e. The minimum atomic E-state index is 0.616. The Labute approximate surface area is 111 Å². The van der Waals surface area contributed by atoms with Crippen molar-refractivity contribution < 1.29 is 0 Å². The largest absolute Gasteiger partial charge is 0.367 e. The lowest BCUT2D eigenvalue weighted by molar-refractivity contribution is 0.328. The highest BCUT2D eigenvalue weighted by molar-refractivity contribution is 5.49. The summed E-state index contributed by atoms with van der Waals surface area (Å²) in [7, 11) is 2.22. The molecule has 1 aromatic rings. The van der Waals surface area contributed by atoms with Crippen molar-refractivity contribution in [3.05, 3.63) is 29.8 Å². The van der Waals surface area contributed by atoms with Gasteiger partial charge in [-0.2, -0.15) is 0 Å². The molecule has 0 amide bonds. The van der Waals surface area contributed by atoms with E-state index in [2.05, 4.69) is 48.0 Å². The summed E-state index contributed by atoms with van der Waals surface area (Å²) in [5.74, 6) is 0. The highest BCUT2D eigenvalue weighted by Crippen LogP contribution is 2.22. The molecule has 1 aliphatic rings. The van der Waals surface area contributed by atoms with Crippen molar-refractivity contribution in [3.63, 3.8) is 0 Å². The van der Waals surface area contributed by atoms with Crippen LogP contribution in [0.5, 0.6) is 0 Å². The summed E-state index contributed by atoms with van der Waals surface area (Å²) in [5.41, 5.74) is 8.30. The number of benzene rings is 1. The molecule has 0 aromatic heterocycles. The van der Waals surface area contributed by atoms with E-state index in [0.29, 0.717) is 12.6 Å². The van der Waals surface area contributed by atoms with Crippen molar-refractivity contribution in [3.8, 4) is 0 Å². The zero-order valence-electron chi connectivity index (χ0n) is 11.6. The van der Waals surface area contributed by atoms with Gasteiger partial charge in [0.2, 0.25) is 0 Å². The first-order valence-corrected chi connectivity index (χ1v) is 6.98. The van der Waals surface area contributed by atoms with Crippen LogP contribution in [0.2, 0.25) is 0 Å². The van der Waals surface area contributed by atoms with Crippen LogP contribution >= 0.6 is 0 Å². The lowest BCUT2D eigenvalue weighted by Gasteiger charge is -2.32. The molecule has 1 aliphatic heterocycles. The Morgan fingerprint density at radius 1 is 1.33 bits per heavy atom. The third-order valence-corrected chi connectivity index (χ3v) is 3.85. The van der Waals surface area contributed by atoms with Crippen LogP contribution in [0.1, 0.15) is 25.3 Å². The van der Waals surface area contributed by atoms with E-state index in [-0.39, 0.29) is 0 Å². The van der Waals surface area contributed by atoms with Gasteiger partial charge in [-0.1, -0.05) is 19.1 Å². The van der Waals surface area contributed by atoms with Gasteiger partial charge in [-0.3, -0.25) is 0 Å². The second-order valence-electron chi connectivity index (χ2n) is 5.25. The number of nitrogens with two attached hydrogens (primary N) is 1. The van der Waals surface area contributed by atoms with Crippen molar-refractivity contribution >= 4 is 5.69 Å². The number of rotatable bonds is 3. The fourth-order valence-electron chi connectivity index (χ4n) is 2.79. The first-order chi connectivity index (χ1) is 8.74. The Morgan fingerprint density at radius 2 is 2.17 bits per heavy atom. The van der Waals surface area contributed by atoms with Gasteiger partial charge in [0, 0.05) is 31.4 Å². The summed E-state index contributed by atoms with van der Waals surface area (Å²) in [4.78, 5) is 5.00. The molecule has 1 heterocycles. The van der Waals surface area contributed by atoms with Gasteiger partial charge in [0.25, 0.3) is 0 Å². The summed E-state index contributed by atoms with van der Waals surface area (Å²) < 4.78 is 0. The van der Waals surface area contributed by atoms with E-state index < -0.39 is 0 Å². The van der Waals surface area contributed by atoms with Gasteiger partial charge >= 0.3 is 0 Å². The SMILES string of the molecule is CCC1CN(C)CCCN1c1cccc(CN)c1. The van der Waals surface area contributed by atoms with E-state index >= 15 is 0 Å². The molecule has 0 saturated carbocycles. The van der Waals surface area contributed by atoms with Crippen molar-refractivity contribution in [1.82, 2.24) is 4.90 Å². The summed E-state index contributed by atoms with van der Waals surface area (Å²) in [6, 6.07) is 9.31. The number of hydrogen-bond donors (Lipinski definition) is 1. The number of hydrogen-bond acceptors (Lipinski definition) is 3. The van der Waals surface area contributed by atoms with Gasteiger partial charge in [0.15, 0.2) is 0 Å². The molecule has 0 spiro atoms. The summed E-state index contributed by atoms with van der Waals surface area (Å²) in [5, 5.41) is 0. The fraction of sp³-hybridized carbons (Fsp3) is 0.600. The highest BCUT2D eigenvalue weighted by Gasteiger charge is 2.22. The molecular weight excluding hydrogens is 222 g/mol. The van der Waals surface area contributed by atoms with Crippen molar-refractivity contribution in [2.75, 3.05) is 31.6 Å². The van der Waals surface area contributed by atoms with Crippen molar-refractivity contribution in [1.29, 1.82) is 0 Å². The van der Waals surface area contributed by atoms with E-state index in [1.54, 1.807) is 0 Å². The monoisotopic (exact) mass is 247 g/mol. The quantitative estimate of drug-likeness (QED) is 0.887. The van der Waals surface area contributed by atoms with E-state index in [1.165, 1.54) is 30.6 Å². The number of likely N-dealkylation sites (N-methyl/N-ethyl adjacent to an activating group) is 1. The molecule has 2 rings (SSSR count). The highest BCUT2D eigenvalue weighted by atomic mass is 15.2. The lowest BCUT2D eigenvalue weighted by Crippen LogP contribution is -2.39. The van der Waals surface area contributed by atoms with Crippen LogP contribution in [0.4, 0.5) is 5.69 Å². The second kappa shape index (κ2) is 6.21. The maximum atomic E-state index is 5.74. The Morgan fingerprint density at radius 3 is 2.89 bits per heavy atom.